The zero-order valence-electron chi connectivity index (χ0n) is 34.2. The molecule has 1 fully saturated rings. The van der Waals surface area contributed by atoms with Crippen molar-refractivity contribution >= 4 is 18.7 Å². The van der Waals surface area contributed by atoms with Crippen LogP contribution in [0.5, 0.6) is 5.75 Å². The van der Waals surface area contributed by atoms with Gasteiger partial charge in [0.05, 0.1) is 39.1 Å². The molecule has 4 aromatic carbocycles. The molecular formula is C48H62O7Si. The zero-order valence-corrected chi connectivity index (χ0v) is 35.2. The van der Waals surface area contributed by atoms with Gasteiger partial charge in [0.2, 0.25) is 0 Å². The van der Waals surface area contributed by atoms with E-state index >= 15 is 0 Å². The van der Waals surface area contributed by atoms with Gasteiger partial charge in [-0.3, -0.25) is 0 Å². The van der Waals surface area contributed by atoms with Gasteiger partial charge in [-0.2, -0.15) is 0 Å². The molecule has 6 atom stereocenters. The highest BCUT2D eigenvalue weighted by Gasteiger charge is 2.52. The van der Waals surface area contributed by atoms with Crippen molar-refractivity contribution in [2.24, 2.45) is 5.92 Å². The molecule has 0 bridgehead atoms. The maximum absolute atomic E-state index is 7.49. The first-order chi connectivity index (χ1) is 27.1. The third-order valence-corrected chi connectivity index (χ3v) is 15.9. The largest absolute Gasteiger partial charge is 0.497 e. The van der Waals surface area contributed by atoms with E-state index in [4.69, 9.17) is 32.8 Å². The highest BCUT2D eigenvalue weighted by atomic mass is 28.4. The number of rotatable bonds is 21. The van der Waals surface area contributed by atoms with Gasteiger partial charge in [0.15, 0.2) is 5.79 Å². The summed E-state index contributed by atoms with van der Waals surface area (Å²) in [6.45, 7) is 19.0. The van der Waals surface area contributed by atoms with E-state index < -0.39 is 26.3 Å². The lowest BCUT2D eigenvalue weighted by Gasteiger charge is -2.48. The van der Waals surface area contributed by atoms with Gasteiger partial charge < -0.3 is 32.8 Å². The van der Waals surface area contributed by atoms with Gasteiger partial charge in [-0.1, -0.05) is 143 Å². The van der Waals surface area contributed by atoms with Crippen LogP contribution in [-0.4, -0.2) is 66.0 Å². The molecule has 56 heavy (non-hydrogen) atoms. The van der Waals surface area contributed by atoms with E-state index in [9.17, 15) is 0 Å². The van der Waals surface area contributed by atoms with Crippen molar-refractivity contribution in [3.05, 3.63) is 152 Å². The van der Waals surface area contributed by atoms with Crippen molar-refractivity contribution in [2.75, 3.05) is 27.4 Å². The topological polar surface area (TPSA) is 64.6 Å². The Morgan fingerprint density at radius 3 is 1.95 bits per heavy atom. The summed E-state index contributed by atoms with van der Waals surface area (Å²) in [4.78, 5) is 0. The summed E-state index contributed by atoms with van der Waals surface area (Å²) in [6, 6.07) is 39.5. The molecule has 0 saturated carbocycles. The average Bonchev–Trinajstić information content (AvgIpc) is 3.23. The van der Waals surface area contributed by atoms with E-state index in [1.165, 1.54) is 10.4 Å². The summed E-state index contributed by atoms with van der Waals surface area (Å²) in [6.07, 6.45) is 4.08. The lowest BCUT2D eigenvalue weighted by molar-refractivity contribution is -0.313. The van der Waals surface area contributed by atoms with Crippen LogP contribution in [0.2, 0.25) is 5.04 Å². The van der Waals surface area contributed by atoms with Crippen LogP contribution in [-0.2, 0) is 41.3 Å². The van der Waals surface area contributed by atoms with E-state index in [0.29, 0.717) is 39.1 Å². The van der Waals surface area contributed by atoms with Crippen LogP contribution in [0, 0.1) is 5.92 Å². The third-order valence-electron chi connectivity index (χ3n) is 10.9. The molecule has 300 valence electrons. The molecule has 0 amide bonds. The Kier molecular flexibility index (Phi) is 15.9. The minimum atomic E-state index is -2.91. The number of benzene rings is 4. The van der Waals surface area contributed by atoms with Crippen LogP contribution in [0.4, 0.5) is 0 Å². The van der Waals surface area contributed by atoms with E-state index in [2.05, 4.69) is 114 Å². The summed E-state index contributed by atoms with van der Waals surface area (Å²) < 4.78 is 46.1. The van der Waals surface area contributed by atoms with Crippen molar-refractivity contribution in [2.45, 2.75) is 95.4 Å². The fourth-order valence-electron chi connectivity index (χ4n) is 7.66. The fraction of sp³-hybridized carbons (Fsp3) is 0.417. The first-order valence-electron chi connectivity index (χ1n) is 19.8. The van der Waals surface area contributed by atoms with E-state index in [1.54, 1.807) is 20.3 Å². The molecule has 0 unspecified atom stereocenters. The Labute approximate surface area is 336 Å². The summed E-state index contributed by atoms with van der Waals surface area (Å²) >= 11 is 0. The van der Waals surface area contributed by atoms with Crippen molar-refractivity contribution in [3.63, 3.8) is 0 Å². The van der Waals surface area contributed by atoms with E-state index in [1.807, 2.05) is 48.5 Å². The van der Waals surface area contributed by atoms with Crippen LogP contribution in [0.3, 0.4) is 0 Å². The van der Waals surface area contributed by atoms with Gasteiger partial charge in [-0.15, -0.1) is 6.58 Å². The maximum Gasteiger partial charge on any atom is 0.261 e. The van der Waals surface area contributed by atoms with Crippen LogP contribution >= 0.6 is 0 Å². The summed E-state index contributed by atoms with van der Waals surface area (Å²) in [5.41, 5.74) is 2.14. The lowest BCUT2D eigenvalue weighted by atomic mass is 9.94. The van der Waals surface area contributed by atoms with Crippen LogP contribution in [0.1, 0.15) is 58.1 Å². The van der Waals surface area contributed by atoms with Crippen molar-refractivity contribution < 1.29 is 32.8 Å². The Hall–Kier alpha value is -3.86. The summed E-state index contributed by atoms with van der Waals surface area (Å²) in [5.74, 6) is -0.244. The number of ether oxygens (including phenoxy) is 6. The Morgan fingerprint density at radius 2 is 1.41 bits per heavy atom. The van der Waals surface area contributed by atoms with Crippen LogP contribution in [0.25, 0.3) is 0 Å². The molecule has 1 saturated heterocycles. The first kappa shape index (κ1) is 43.3. The van der Waals surface area contributed by atoms with Crippen molar-refractivity contribution in [3.8, 4) is 5.75 Å². The summed E-state index contributed by atoms with van der Waals surface area (Å²) in [7, 11) is 0.491. The normalized spacial score (nSPS) is 20.5. The maximum atomic E-state index is 7.49. The third kappa shape index (κ3) is 10.7. The van der Waals surface area contributed by atoms with Crippen molar-refractivity contribution in [1.82, 2.24) is 0 Å². The van der Waals surface area contributed by atoms with E-state index in [-0.39, 0.29) is 29.8 Å². The molecule has 0 radical (unpaired) electrons. The average molecular weight is 779 g/mol. The molecule has 0 aliphatic carbocycles. The summed E-state index contributed by atoms with van der Waals surface area (Å²) in [5, 5.41) is 2.19. The fourth-order valence-corrected chi connectivity index (χ4v) is 12.2. The molecule has 0 N–H and O–H groups in total. The molecular weight excluding hydrogens is 717 g/mol. The molecule has 4 aromatic rings. The predicted octanol–water partition coefficient (Wildman–Crippen LogP) is 9.05. The van der Waals surface area contributed by atoms with Gasteiger partial charge >= 0.3 is 0 Å². The quantitative estimate of drug-likeness (QED) is 0.0476. The second-order valence-corrected chi connectivity index (χ2v) is 20.0. The molecule has 1 heterocycles. The minimum absolute atomic E-state index is 0.0298. The first-order valence-corrected chi connectivity index (χ1v) is 21.7. The van der Waals surface area contributed by atoms with Gasteiger partial charge in [0, 0.05) is 26.1 Å². The molecule has 0 spiro atoms. The Bertz CT molecular complexity index is 1710. The van der Waals surface area contributed by atoms with Gasteiger partial charge in [-0.05, 0) is 57.6 Å². The SMILES string of the molecule is C=C[C@H](C)[C@@H](CCOCc1ccc(OC)cc1)O[C@]1(C=C)CC[C@H](OC)[C@@H]([C@@H](CO[Si](c2ccccc2)(c2ccccc2)C(C)(C)C)OCc2ccccc2)O1. The monoisotopic (exact) mass is 778 g/mol. The predicted molar refractivity (Wildman–Crippen MR) is 228 cm³/mol. The number of methoxy groups -OCH3 is 2. The molecule has 7 nitrogen and oxygen atoms in total. The second kappa shape index (κ2) is 20.5. The zero-order chi connectivity index (χ0) is 40.0. The highest BCUT2D eigenvalue weighted by molar-refractivity contribution is 6.99. The molecule has 8 heteroatoms. The van der Waals surface area contributed by atoms with Gasteiger partial charge in [0.1, 0.15) is 18.0 Å². The Balaban J connectivity index is 1.42. The van der Waals surface area contributed by atoms with Crippen LogP contribution in [0.15, 0.2) is 141 Å². The lowest BCUT2D eigenvalue weighted by Crippen LogP contribution is -2.67. The molecule has 5 rings (SSSR count). The van der Waals surface area contributed by atoms with Gasteiger partial charge in [-0.25, -0.2) is 0 Å². The number of hydrogen-bond donors (Lipinski definition) is 0. The van der Waals surface area contributed by atoms with Gasteiger partial charge in [0.25, 0.3) is 8.32 Å². The standard InChI is InChI=1S/C48H62O7Si/c1-9-37(3)43(31-33-51-34-39-26-28-40(49-7)29-27-39)54-48(10-2)32-30-44(50-8)46(55-48)45(52-35-38-20-14-11-15-21-38)36-53-56(47(4,5)6,41-22-16-12-17-23-41)42-24-18-13-19-25-42/h9-29,37,43-46H,1-2,30-36H2,3-8H3/t37-,43+,44-,45+,46-,48-/m0/s1. The smallest absolute Gasteiger partial charge is 0.261 e. The molecule has 1 aliphatic rings. The number of hydrogen-bond acceptors (Lipinski definition) is 7. The van der Waals surface area contributed by atoms with E-state index in [0.717, 1.165) is 16.9 Å². The highest BCUT2D eigenvalue weighted by Crippen LogP contribution is 2.40. The molecule has 1 aliphatic heterocycles. The Morgan fingerprint density at radius 1 is 0.821 bits per heavy atom. The minimum Gasteiger partial charge on any atom is -0.497 e. The second-order valence-electron chi connectivity index (χ2n) is 15.7. The van der Waals surface area contributed by atoms with Crippen LogP contribution < -0.4 is 15.1 Å². The van der Waals surface area contributed by atoms with Crippen molar-refractivity contribution in [1.29, 1.82) is 0 Å². The molecule has 0 aromatic heterocycles.